The van der Waals surface area contributed by atoms with Gasteiger partial charge in [0, 0.05) is 31.9 Å². The summed E-state index contributed by atoms with van der Waals surface area (Å²) in [7, 11) is 0. The fourth-order valence-corrected chi connectivity index (χ4v) is 3.38. The Morgan fingerprint density at radius 3 is 2.81 bits per heavy atom. The number of carbonyl (C=O) groups is 2. The Labute approximate surface area is 155 Å². The fourth-order valence-electron chi connectivity index (χ4n) is 3.21. The van der Waals surface area contributed by atoms with Crippen LogP contribution in [0.1, 0.15) is 16.1 Å². The van der Waals surface area contributed by atoms with Crippen molar-refractivity contribution in [1.82, 2.24) is 19.6 Å². The van der Waals surface area contributed by atoms with E-state index in [0.717, 1.165) is 5.56 Å². The number of halogens is 1. The molecule has 2 amide bonds. The first kappa shape index (κ1) is 16.6. The average molecular weight is 369 g/mol. The fraction of sp³-hybridized carbons (Fsp3) is 0.211. The van der Waals surface area contributed by atoms with Crippen LogP contribution >= 0.6 is 11.6 Å². The van der Waals surface area contributed by atoms with Gasteiger partial charge in [-0.05, 0) is 17.7 Å². The SMILES string of the molecule is O=C1NCCN(C(=O)c2cn3cc(Cl)ccc3n2)[C@@H]1Cc1ccccc1. The van der Waals surface area contributed by atoms with Crippen LogP contribution in [0.5, 0.6) is 0 Å². The molecule has 0 saturated carbocycles. The summed E-state index contributed by atoms with van der Waals surface area (Å²) in [6.45, 7) is 0.895. The number of piperazine rings is 1. The third-order valence-electron chi connectivity index (χ3n) is 4.50. The van der Waals surface area contributed by atoms with Gasteiger partial charge in [-0.1, -0.05) is 41.9 Å². The van der Waals surface area contributed by atoms with E-state index in [1.807, 2.05) is 30.3 Å². The second-order valence-corrected chi connectivity index (χ2v) is 6.67. The molecule has 7 heteroatoms. The molecular formula is C19H17ClN4O2. The van der Waals surface area contributed by atoms with Gasteiger partial charge in [-0.15, -0.1) is 0 Å². The molecule has 26 heavy (non-hydrogen) atoms. The highest BCUT2D eigenvalue weighted by Gasteiger charge is 2.34. The van der Waals surface area contributed by atoms with Gasteiger partial charge in [0.2, 0.25) is 5.91 Å². The van der Waals surface area contributed by atoms with Crippen LogP contribution in [0.25, 0.3) is 5.65 Å². The van der Waals surface area contributed by atoms with Crippen LogP contribution in [-0.2, 0) is 11.2 Å². The molecule has 3 heterocycles. The van der Waals surface area contributed by atoms with Gasteiger partial charge < -0.3 is 14.6 Å². The minimum absolute atomic E-state index is 0.139. The second-order valence-electron chi connectivity index (χ2n) is 6.23. The molecule has 2 aromatic heterocycles. The maximum Gasteiger partial charge on any atom is 0.274 e. The van der Waals surface area contributed by atoms with Crippen LogP contribution in [0.15, 0.2) is 54.9 Å². The maximum atomic E-state index is 13.0. The number of pyridine rings is 1. The zero-order valence-electron chi connectivity index (χ0n) is 13.9. The highest BCUT2D eigenvalue weighted by atomic mass is 35.5. The van der Waals surface area contributed by atoms with Crippen molar-refractivity contribution in [1.29, 1.82) is 0 Å². The third-order valence-corrected chi connectivity index (χ3v) is 4.72. The third kappa shape index (κ3) is 3.15. The first-order chi connectivity index (χ1) is 12.6. The van der Waals surface area contributed by atoms with Crippen molar-refractivity contribution in [3.8, 4) is 0 Å². The van der Waals surface area contributed by atoms with E-state index in [1.165, 1.54) is 0 Å². The molecule has 1 aliphatic rings. The van der Waals surface area contributed by atoms with E-state index in [-0.39, 0.29) is 11.8 Å². The molecule has 0 radical (unpaired) electrons. The van der Waals surface area contributed by atoms with Gasteiger partial charge in [-0.3, -0.25) is 9.59 Å². The number of amides is 2. The van der Waals surface area contributed by atoms with Gasteiger partial charge in [0.05, 0.1) is 5.02 Å². The summed E-state index contributed by atoms with van der Waals surface area (Å²) in [6, 6.07) is 12.6. The molecule has 3 aromatic rings. The number of nitrogens with one attached hydrogen (secondary N) is 1. The van der Waals surface area contributed by atoms with Gasteiger partial charge >= 0.3 is 0 Å². The van der Waals surface area contributed by atoms with Crippen molar-refractivity contribution >= 4 is 29.1 Å². The summed E-state index contributed by atoms with van der Waals surface area (Å²) in [5, 5.41) is 3.41. The van der Waals surface area contributed by atoms with Crippen LogP contribution in [0.2, 0.25) is 5.02 Å². The minimum Gasteiger partial charge on any atom is -0.353 e. The van der Waals surface area contributed by atoms with E-state index in [4.69, 9.17) is 11.6 Å². The lowest BCUT2D eigenvalue weighted by Gasteiger charge is -2.34. The van der Waals surface area contributed by atoms with Crippen LogP contribution in [0, 0.1) is 0 Å². The molecule has 1 fully saturated rings. The summed E-state index contributed by atoms with van der Waals surface area (Å²) in [5.41, 5.74) is 1.95. The van der Waals surface area contributed by atoms with E-state index in [9.17, 15) is 9.59 Å². The van der Waals surface area contributed by atoms with Crippen LogP contribution in [0.4, 0.5) is 0 Å². The summed E-state index contributed by atoms with van der Waals surface area (Å²) in [4.78, 5) is 31.4. The molecule has 1 aromatic carbocycles. The Kier molecular flexibility index (Phi) is 4.34. The van der Waals surface area contributed by atoms with Crippen molar-refractivity contribution in [3.63, 3.8) is 0 Å². The number of benzene rings is 1. The van der Waals surface area contributed by atoms with Crippen LogP contribution in [0.3, 0.4) is 0 Å². The van der Waals surface area contributed by atoms with Gasteiger partial charge in [0.15, 0.2) is 0 Å². The van der Waals surface area contributed by atoms with E-state index in [2.05, 4.69) is 10.3 Å². The quantitative estimate of drug-likeness (QED) is 0.770. The van der Waals surface area contributed by atoms with E-state index >= 15 is 0 Å². The van der Waals surface area contributed by atoms with Crippen molar-refractivity contribution in [2.45, 2.75) is 12.5 Å². The number of rotatable bonds is 3. The average Bonchev–Trinajstić information content (AvgIpc) is 3.07. The molecule has 1 aliphatic heterocycles. The standard InChI is InChI=1S/C19H17ClN4O2/c20-14-6-7-17-22-15(12-23(17)11-14)19(26)24-9-8-21-18(25)16(24)10-13-4-2-1-3-5-13/h1-7,11-12,16H,8-10H2,(H,21,25)/t16-/m1/s1. The Balaban J connectivity index is 1.63. The van der Waals surface area contributed by atoms with Crippen molar-refractivity contribution in [2.75, 3.05) is 13.1 Å². The topological polar surface area (TPSA) is 66.7 Å². The van der Waals surface area contributed by atoms with E-state index in [0.29, 0.717) is 35.9 Å². The minimum atomic E-state index is -0.549. The number of aromatic nitrogens is 2. The monoisotopic (exact) mass is 368 g/mol. The maximum absolute atomic E-state index is 13.0. The van der Waals surface area contributed by atoms with Gasteiger partial charge in [0.1, 0.15) is 17.4 Å². The van der Waals surface area contributed by atoms with Gasteiger partial charge in [-0.25, -0.2) is 4.98 Å². The van der Waals surface area contributed by atoms with Crippen LogP contribution < -0.4 is 5.32 Å². The van der Waals surface area contributed by atoms with Gasteiger partial charge in [0.25, 0.3) is 5.91 Å². The summed E-state index contributed by atoms with van der Waals surface area (Å²) in [5.74, 6) is -0.388. The first-order valence-electron chi connectivity index (χ1n) is 8.39. The largest absolute Gasteiger partial charge is 0.353 e. The molecular weight excluding hydrogens is 352 g/mol. The molecule has 1 saturated heterocycles. The Morgan fingerprint density at radius 1 is 1.19 bits per heavy atom. The highest BCUT2D eigenvalue weighted by molar-refractivity contribution is 6.30. The molecule has 0 spiro atoms. The molecule has 1 N–H and O–H groups in total. The normalized spacial score (nSPS) is 17.3. The van der Waals surface area contributed by atoms with E-state index in [1.54, 1.807) is 33.8 Å². The molecule has 4 rings (SSSR count). The molecule has 132 valence electrons. The summed E-state index contributed by atoms with van der Waals surface area (Å²) in [6.07, 6.45) is 3.82. The van der Waals surface area contributed by atoms with Crippen molar-refractivity contribution in [3.05, 3.63) is 71.1 Å². The first-order valence-corrected chi connectivity index (χ1v) is 8.76. The Hall–Kier alpha value is -2.86. The number of carbonyl (C=O) groups excluding carboxylic acids is 2. The Morgan fingerprint density at radius 2 is 2.00 bits per heavy atom. The Bertz CT molecular complexity index is 970. The lowest BCUT2D eigenvalue weighted by atomic mass is 10.0. The smallest absolute Gasteiger partial charge is 0.274 e. The highest BCUT2D eigenvalue weighted by Crippen LogP contribution is 2.17. The predicted molar refractivity (Wildman–Crippen MR) is 98.2 cm³/mol. The zero-order valence-corrected chi connectivity index (χ0v) is 14.7. The number of fused-ring (bicyclic) bond motifs is 1. The van der Waals surface area contributed by atoms with Gasteiger partial charge in [-0.2, -0.15) is 0 Å². The molecule has 0 aliphatic carbocycles. The summed E-state index contributed by atoms with van der Waals surface area (Å²) >= 11 is 5.99. The number of nitrogens with zero attached hydrogens (tertiary/aromatic N) is 3. The number of hydrogen-bond donors (Lipinski definition) is 1. The van der Waals surface area contributed by atoms with E-state index < -0.39 is 6.04 Å². The van der Waals surface area contributed by atoms with Crippen LogP contribution in [-0.4, -0.2) is 45.2 Å². The van der Waals surface area contributed by atoms with Crippen molar-refractivity contribution in [2.24, 2.45) is 0 Å². The van der Waals surface area contributed by atoms with Crippen molar-refractivity contribution < 1.29 is 9.59 Å². The lowest BCUT2D eigenvalue weighted by Crippen LogP contribution is -2.58. The molecule has 0 unspecified atom stereocenters. The number of hydrogen-bond acceptors (Lipinski definition) is 3. The zero-order chi connectivity index (χ0) is 18.1. The molecule has 1 atom stereocenters. The number of imidazole rings is 1. The summed E-state index contributed by atoms with van der Waals surface area (Å²) < 4.78 is 1.71. The molecule has 6 nitrogen and oxygen atoms in total. The second kappa shape index (κ2) is 6.80. The predicted octanol–water partition coefficient (Wildman–Crippen LogP) is 2.17. The molecule has 0 bridgehead atoms. The lowest BCUT2D eigenvalue weighted by molar-refractivity contribution is -0.127.